The van der Waals surface area contributed by atoms with E-state index in [4.69, 9.17) is 13.9 Å². The lowest BCUT2D eigenvalue weighted by Crippen LogP contribution is -2.19. The van der Waals surface area contributed by atoms with E-state index in [-0.39, 0.29) is 5.70 Å². The summed E-state index contributed by atoms with van der Waals surface area (Å²) in [6, 6.07) is 17.9. The maximum atomic E-state index is 13.4. The third kappa shape index (κ3) is 4.30. The Bertz CT molecular complexity index is 1200. The first kappa shape index (κ1) is 19.9. The van der Waals surface area contributed by atoms with Crippen molar-refractivity contribution in [2.45, 2.75) is 0 Å². The Labute approximate surface area is 177 Å². The van der Waals surface area contributed by atoms with Crippen molar-refractivity contribution in [3.8, 4) is 22.9 Å². The first-order chi connectivity index (χ1) is 15.2. The van der Waals surface area contributed by atoms with Crippen molar-refractivity contribution in [1.29, 1.82) is 0 Å². The first-order valence-electron chi connectivity index (χ1n) is 9.32. The molecule has 9 nitrogen and oxygen atoms in total. The molecule has 2 heterocycles. The Kier molecular flexibility index (Phi) is 5.75. The standard InChI is InChI=1S/C22H19N5O4/c1-29-16-10-11-20(30-2)18(13-16)23-22(28)19(14-17-9-6-12-31-17)27-21(24-25-26-27)15-7-4-3-5-8-15/h3-14H,1-2H3,(H,23,28)/b19-14-. The van der Waals surface area contributed by atoms with E-state index in [2.05, 4.69) is 20.8 Å². The number of tetrazole rings is 1. The molecule has 0 atom stereocenters. The van der Waals surface area contributed by atoms with Gasteiger partial charge in [-0.25, -0.2) is 0 Å². The van der Waals surface area contributed by atoms with Gasteiger partial charge in [-0.2, -0.15) is 4.68 Å². The van der Waals surface area contributed by atoms with Gasteiger partial charge in [-0.1, -0.05) is 30.3 Å². The number of aromatic nitrogens is 4. The third-order valence-electron chi connectivity index (χ3n) is 4.44. The molecule has 2 aromatic heterocycles. The molecular formula is C22H19N5O4. The van der Waals surface area contributed by atoms with Crippen LogP contribution in [0.5, 0.6) is 11.5 Å². The Morgan fingerprint density at radius 2 is 1.90 bits per heavy atom. The van der Waals surface area contributed by atoms with Crippen molar-refractivity contribution < 1.29 is 18.7 Å². The van der Waals surface area contributed by atoms with Crippen molar-refractivity contribution in [1.82, 2.24) is 20.2 Å². The molecule has 4 aromatic rings. The summed E-state index contributed by atoms with van der Waals surface area (Å²) in [7, 11) is 3.06. The van der Waals surface area contributed by atoms with Crippen molar-refractivity contribution >= 4 is 23.4 Å². The maximum absolute atomic E-state index is 13.4. The number of furan rings is 1. The number of benzene rings is 2. The Morgan fingerprint density at radius 1 is 1.06 bits per heavy atom. The Balaban J connectivity index is 1.76. The van der Waals surface area contributed by atoms with Gasteiger partial charge in [0.2, 0.25) is 0 Å². The monoisotopic (exact) mass is 417 g/mol. The van der Waals surface area contributed by atoms with Gasteiger partial charge < -0.3 is 19.2 Å². The van der Waals surface area contributed by atoms with Gasteiger partial charge in [0.05, 0.1) is 26.2 Å². The number of rotatable bonds is 7. The van der Waals surface area contributed by atoms with E-state index in [0.717, 1.165) is 5.56 Å². The zero-order chi connectivity index (χ0) is 21.6. The van der Waals surface area contributed by atoms with Crippen LogP contribution in [-0.4, -0.2) is 40.3 Å². The van der Waals surface area contributed by atoms with Gasteiger partial charge in [0.1, 0.15) is 23.0 Å². The smallest absolute Gasteiger partial charge is 0.274 e. The average molecular weight is 417 g/mol. The Morgan fingerprint density at radius 3 is 2.61 bits per heavy atom. The van der Waals surface area contributed by atoms with Gasteiger partial charge in [0.15, 0.2) is 5.82 Å². The summed E-state index contributed by atoms with van der Waals surface area (Å²) in [6.45, 7) is 0. The molecular weight excluding hydrogens is 398 g/mol. The number of anilines is 1. The molecule has 0 bridgehead atoms. The number of methoxy groups -OCH3 is 2. The van der Waals surface area contributed by atoms with E-state index < -0.39 is 5.91 Å². The summed E-state index contributed by atoms with van der Waals surface area (Å²) in [5.74, 6) is 1.46. The molecule has 9 heteroatoms. The largest absolute Gasteiger partial charge is 0.497 e. The lowest BCUT2D eigenvalue weighted by molar-refractivity contribution is -0.111. The van der Waals surface area contributed by atoms with E-state index in [0.29, 0.717) is 28.8 Å². The fourth-order valence-corrected chi connectivity index (χ4v) is 2.95. The van der Waals surface area contributed by atoms with E-state index >= 15 is 0 Å². The van der Waals surface area contributed by atoms with E-state index in [1.165, 1.54) is 18.1 Å². The highest BCUT2D eigenvalue weighted by Crippen LogP contribution is 2.30. The van der Waals surface area contributed by atoms with Crippen LogP contribution in [0.1, 0.15) is 5.76 Å². The second-order valence-corrected chi connectivity index (χ2v) is 6.35. The van der Waals surface area contributed by atoms with E-state index in [9.17, 15) is 4.79 Å². The van der Waals surface area contributed by atoms with Crippen LogP contribution in [0, 0.1) is 0 Å². The SMILES string of the molecule is COc1ccc(OC)c(NC(=O)/C(=C/c2ccco2)n2nnnc2-c2ccccc2)c1. The number of hydrogen-bond acceptors (Lipinski definition) is 7. The summed E-state index contributed by atoms with van der Waals surface area (Å²) >= 11 is 0. The molecule has 0 unspecified atom stereocenters. The number of carbonyl (C=O) groups is 1. The minimum absolute atomic E-state index is 0.156. The molecule has 0 spiro atoms. The highest BCUT2D eigenvalue weighted by atomic mass is 16.5. The zero-order valence-corrected chi connectivity index (χ0v) is 16.9. The molecule has 0 fully saturated rings. The molecule has 156 valence electrons. The molecule has 1 N–H and O–H groups in total. The van der Waals surface area contributed by atoms with Crippen molar-refractivity contribution in [2.24, 2.45) is 0 Å². The van der Waals surface area contributed by atoms with Crippen LogP contribution in [0.3, 0.4) is 0 Å². The number of ether oxygens (including phenoxy) is 2. The van der Waals surface area contributed by atoms with E-state index in [1.807, 2.05) is 30.3 Å². The number of nitrogens with one attached hydrogen (secondary N) is 1. The average Bonchev–Trinajstić information content (AvgIpc) is 3.50. The van der Waals surface area contributed by atoms with Crippen LogP contribution >= 0.6 is 0 Å². The normalized spacial score (nSPS) is 11.2. The van der Waals surface area contributed by atoms with Gasteiger partial charge in [-0.15, -0.1) is 5.10 Å². The van der Waals surface area contributed by atoms with Crippen LogP contribution in [0.4, 0.5) is 5.69 Å². The summed E-state index contributed by atoms with van der Waals surface area (Å²) in [5, 5.41) is 14.7. The van der Waals surface area contributed by atoms with Gasteiger partial charge in [0, 0.05) is 17.7 Å². The van der Waals surface area contributed by atoms with E-state index in [1.54, 1.807) is 43.5 Å². The van der Waals surface area contributed by atoms with Crippen LogP contribution in [-0.2, 0) is 4.79 Å². The first-order valence-corrected chi connectivity index (χ1v) is 9.32. The zero-order valence-electron chi connectivity index (χ0n) is 16.9. The van der Waals surface area contributed by atoms with Gasteiger partial charge in [-0.3, -0.25) is 4.79 Å². The predicted molar refractivity (Wildman–Crippen MR) is 114 cm³/mol. The van der Waals surface area contributed by atoms with Crippen LogP contribution in [0.25, 0.3) is 23.2 Å². The van der Waals surface area contributed by atoms with Gasteiger partial charge in [0.25, 0.3) is 5.91 Å². The fraction of sp³-hybridized carbons (Fsp3) is 0.0909. The number of hydrogen-bond donors (Lipinski definition) is 1. The second-order valence-electron chi connectivity index (χ2n) is 6.35. The molecule has 4 rings (SSSR count). The molecule has 0 radical (unpaired) electrons. The summed E-state index contributed by atoms with van der Waals surface area (Å²) < 4.78 is 17.4. The maximum Gasteiger partial charge on any atom is 0.274 e. The van der Waals surface area contributed by atoms with Crippen molar-refractivity contribution in [3.05, 3.63) is 72.7 Å². The number of carbonyl (C=O) groups excluding carboxylic acids is 1. The number of amides is 1. The Hall–Kier alpha value is -4.40. The molecule has 0 aliphatic carbocycles. The fourth-order valence-electron chi connectivity index (χ4n) is 2.95. The summed E-state index contributed by atoms with van der Waals surface area (Å²) in [5.41, 5.74) is 1.35. The third-order valence-corrected chi connectivity index (χ3v) is 4.44. The predicted octanol–water partition coefficient (Wildman–Crippen LogP) is 3.59. The lowest BCUT2D eigenvalue weighted by atomic mass is 10.2. The highest BCUT2D eigenvalue weighted by molar-refractivity contribution is 6.24. The van der Waals surface area contributed by atoms with Crippen LogP contribution in [0.2, 0.25) is 0 Å². The molecule has 1 amide bonds. The number of nitrogens with zero attached hydrogens (tertiary/aromatic N) is 4. The van der Waals surface area contributed by atoms with Crippen molar-refractivity contribution in [3.63, 3.8) is 0 Å². The molecule has 0 saturated heterocycles. The summed E-state index contributed by atoms with van der Waals surface area (Å²) in [6.07, 6.45) is 3.08. The molecule has 31 heavy (non-hydrogen) atoms. The van der Waals surface area contributed by atoms with Crippen LogP contribution < -0.4 is 14.8 Å². The lowest BCUT2D eigenvalue weighted by Gasteiger charge is -2.14. The molecule has 0 aliphatic rings. The van der Waals surface area contributed by atoms with Gasteiger partial charge in [-0.05, 0) is 34.7 Å². The molecule has 0 aliphatic heterocycles. The van der Waals surface area contributed by atoms with Gasteiger partial charge >= 0.3 is 0 Å². The topological polar surface area (TPSA) is 104 Å². The minimum Gasteiger partial charge on any atom is -0.497 e. The minimum atomic E-state index is -0.465. The quantitative estimate of drug-likeness (QED) is 0.458. The highest BCUT2D eigenvalue weighted by Gasteiger charge is 2.21. The molecule has 2 aromatic carbocycles. The summed E-state index contributed by atoms with van der Waals surface area (Å²) in [4.78, 5) is 13.4. The van der Waals surface area contributed by atoms with Crippen LogP contribution in [0.15, 0.2) is 71.3 Å². The molecule has 0 saturated carbocycles. The second kappa shape index (κ2) is 8.95. The van der Waals surface area contributed by atoms with Crippen molar-refractivity contribution in [2.75, 3.05) is 19.5 Å².